The number of aryl methyl sites for hydroxylation is 2. The molecule has 0 heterocycles. The van der Waals surface area contributed by atoms with Gasteiger partial charge in [-0.1, -0.05) is 151 Å². The van der Waals surface area contributed by atoms with Crippen molar-refractivity contribution in [3.8, 4) is 0 Å². The lowest BCUT2D eigenvalue weighted by atomic mass is 9.82. The van der Waals surface area contributed by atoms with Gasteiger partial charge in [0.2, 0.25) is 0 Å². The molecule has 4 aromatic carbocycles. The summed E-state index contributed by atoms with van der Waals surface area (Å²) in [5.41, 5.74) is 6.97. The summed E-state index contributed by atoms with van der Waals surface area (Å²) in [7, 11) is 0. The molecule has 4 heteroatoms. The molecule has 0 radical (unpaired) electrons. The molecule has 0 spiro atoms. The molecule has 0 saturated heterocycles. The second-order valence-corrected chi connectivity index (χ2v) is 13.1. The van der Waals surface area contributed by atoms with Crippen molar-refractivity contribution in [1.82, 2.24) is 0 Å². The van der Waals surface area contributed by atoms with Crippen LogP contribution >= 0.6 is 0 Å². The maximum absolute atomic E-state index is 13.9. The molecule has 4 nitrogen and oxygen atoms in total. The topological polar surface area (TPSA) is 58.9 Å². The van der Waals surface area contributed by atoms with Gasteiger partial charge in [0.05, 0.1) is 22.5 Å². The van der Waals surface area contributed by atoms with Crippen molar-refractivity contribution in [3.05, 3.63) is 129 Å². The molecule has 0 aromatic heterocycles. The van der Waals surface area contributed by atoms with Crippen LogP contribution in [0.1, 0.15) is 145 Å². The fraction of sp³-hybridized carbons (Fsp3) is 0.364. The average molecular weight is 639 g/mol. The first kappa shape index (κ1) is 34.9. The summed E-state index contributed by atoms with van der Waals surface area (Å²) in [5, 5.41) is 0. The normalized spacial score (nSPS) is 12.6. The molecule has 0 N–H and O–H groups in total. The van der Waals surface area contributed by atoms with Crippen molar-refractivity contribution < 1.29 is 9.59 Å². The van der Waals surface area contributed by atoms with Crippen LogP contribution in [-0.4, -0.2) is 24.0 Å². The van der Waals surface area contributed by atoms with E-state index < -0.39 is 0 Å². The minimum absolute atomic E-state index is 0.197. The highest BCUT2D eigenvalue weighted by Crippen LogP contribution is 2.39. The summed E-state index contributed by atoms with van der Waals surface area (Å²) in [5.74, 6) is -0.393. The molecule has 248 valence electrons. The number of benzene rings is 4. The average Bonchev–Trinajstić information content (AvgIpc) is 3.12. The van der Waals surface area contributed by atoms with Crippen LogP contribution < -0.4 is 0 Å². The first-order valence-corrected chi connectivity index (χ1v) is 18.2. The lowest BCUT2D eigenvalue weighted by molar-refractivity contribution is 0.0980. The van der Waals surface area contributed by atoms with Crippen molar-refractivity contribution in [2.24, 2.45) is 9.98 Å². The molecular weight excluding hydrogens is 588 g/mol. The predicted molar refractivity (Wildman–Crippen MR) is 201 cm³/mol. The number of hydrogen-bond acceptors (Lipinski definition) is 4. The van der Waals surface area contributed by atoms with Gasteiger partial charge in [-0.3, -0.25) is 19.6 Å². The second kappa shape index (κ2) is 18.2. The molecule has 0 saturated carbocycles. The highest BCUT2D eigenvalue weighted by atomic mass is 16.1. The van der Waals surface area contributed by atoms with Crippen molar-refractivity contribution in [2.75, 3.05) is 0 Å². The maximum atomic E-state index is 13.9. The van der Waals surface area contributed by atoms with Gasteiger partial charge in [-0.25, -0.2) is 0 Å². The van der Waals surface area contributed by atoms with Gasteiger partial charge in [0.1, 0.15) is 0 Å². The fourth-order valence-electron chi connectivity index (χ4n) is 6.45. The van der Waals surface area contributed by atoms with Crippen LogP contribution in [0.15, 0.2) is 94.9 Å². The number of nitrogens with zero attached hydrogens (tertiary/aromatic N) is 2. The van der Waals surface area contributed by atoms with E-state index in [4.69, 9.17) is 9.98 Å². The second-order valence-electron chi connectivity index (χ2n) is 13.1. The quantitative estimate of drug-likeness (QED) is 0.0708. The van der Waals surface area contributed by atoms with Gasteiger partial charge < -0.3 is 0 Å². The Morgan fingerprint density at radius 2 is 0.833 bits per heavy atom. The van der Waals surface area contributed by atoms with Crippen molar-refractivity contribution in [2.45, 2.75) is 104 Å². The number of carbonyl (C=O) groups excluding carboxylic acids is 2. The fourth-order valence-corrected chi connectivity index (χ4v) is 6.45. The Bertz CT molecular complexity index is 1590. The molecule has 1 aliphatic rings. The number of hydrogen-bond donors (Lipinski definition) is 0. The molecule has 0 amide bonds. The zero-order valence-corrected chi connectivity index (χ0v) is 28.8. The Morgan fingerprint density at radius 3 is 1.23 bits per heavy atom. The van der Waals surface area contributed by atoms with E-state index in [1.54, 1.807) is 48.8 Å². The Kier molecular flexibility index (Phi) is 13.2. The molecule has 0 aliphatic heterocycles. The summed E-state index contributed by atoms with van der Waals surface area (Å²) >= 11 is 0. The van der Waals surface area contributed by atoms with Crippen molar-refractivity contribution in [1.29, 1.82) is 0 Å². The third kappa shape index (κ3) is 9.34. The van der Waals surface area contributed by atoms with E-state index in [1.165, 1.54) is 88.2 Å². The summed E-state index contributed by atoms with van der Waals surface area (Å²) in [6.45, 7) is 4.50. The third-order valence-corrected chi connectivity index (χ3v) is 9.33. The minimum Gasteiger partial charge on any atom is -0.288 e. The van der Waals surface area contributed by atoms with Crippen LogP contribution in [0.25, 0.3) is 0 Å². The molecule has 48 heavy (non-hydrogen) atoms. The smallest absolute Gasteiger partial charge is 0.196 e. The van der Waals surface area contributed by atoms with E-state index in [2.05, 4.69) is 62.4 Å². The molecule has 5 rings (SSSR count). The summed E-state index contributed by atoms with van der Waals surface area (Å²) in [4.78, 5) is 37.2. The zero-order valence-electron chi connectivity index (χ0n) is 28.8. The van der Waals surface area contributed by atoms with E-state index in [0.717, 1.165) is 24.0 Å². The predicted octanol–water partition coefficient (Wildman–Crippen LogP) is 11.8. The SMILES string of the molecule is CCCCCCCCc1ccc(C=Nc2ccc(N=Cc3ccc(CCCCCCCC)cc3)c3c2C(=O)c2ccccc2C3=O)cc1. The number of unbranched alkanes of at least 4 members (excludes halogenated alkanes) is 10. The Morgan fingerprint density at radius 1 is 0.458 bits per heavy atom. The summed E-state index contributed by atoms with van der Waals surface area (Å²) < 4.78 is 0. The lowest BCUT2D eigenvalue weighted by Gasteiger charge is -2.20. The molecule has 1 aliphatic carbocycles. The van der Waals surface area contributed by atoms with E-state index in [0.29, 0.717) is 33.6 Å². The Hall–Kier alpha value is -4.44. The Balaban J connectivity index is 1.32. The van der Waals surface area contributed by atoms with Crippen molar-refractivity contribution in [3.63, 3.8) is 0 Å². The largest absolute Gasteiger partial charge is 0.288 e. The van der Waals surface area contributed by atoms with Gasteiger partial charge in [0.25, 0.3) is 0 Å². The number of aliphatic imine (C=N–C) groups is 2. The summed E-state index contributed by atoms with van der Waals surface area (Å²) in [6, 6.07) is 27.6. The van der Waals surface area contributed by atoms with E-state index >= 15 is 0 Å². The standard InChI is InChI=1S/C44H50N2O2/c1-3-5-7-9-11-13-17-33-21-25-35(26-22-33)31-45-39-29-30-40(42-41(39)43(47)37-19-15-16-20-38(37)44(42)48)46-32-36-27-23-34(24-28-36)18-14-12-10-8-6-4-2/h15-16,19-32H,3-14,17-18H2,1-2H3. The van der Waals surface area contributed by atoms with Crippen LogP contribution in [0, 0.1) is 0 Å². The van der Waals surface area contributed by atoms with Crippen molar-refractivity contribution >= 4 is 35.4 Å². The number of rotatable bonds is 18. The van der Waals surface area contributed by atoms with Crippen LogP contribution in [0.3, 0.4) is 0 Å². The molecule has 0 bridgehead atoms. The zero-order chi connectivity index (χ0) is 33.6. The van der Waals surface area contributed by atoms with Crippen LogP contribution in [-0.2, 0) is 12.8 Å². The molecule has 4 aromatic rings. The van der Waals surface area contributed by atoms with Gasteiger partial charge in [0.15, 0.2) is 11.6 Å². The van der Waals surface area contributed by atoms with E-state index in [1.807, 2.05) is 0 Å². The molecule has 0 unspecified atom stereocenters. The lowest BCUT2D eigenvalue weighted by Crippen LogP contribution is -2.21. The van der Waals surface area contributed by atoms with Gasteiger partial charge >= 0.3 is 0 Å². The monoisotopic (exact) mass is 638 g/mol. The molecule has 0 fully saturated rings. The van der Waals surface area contributed by atoms with Crippen LogP contribution in [0.2, 0.25) is 0 Å². The molecular formula is C44H50N2O2. The highest BCUT2D eigenvalue weighted by molar-refractivity contribution is 6.31. The number of carbonyl (C=O) groups is 2. The minimum atomic E-state index is -0.197. The third-order valence-electron chi connectivity index (χ3n) is 9.33. The van der Waals surface area contributed by atoms with E-state index in [9.17, 15) is 9.59 Å². The number of ketones is 2. The van der Waals surface area contributed by atoms with Gasteiger partial charge in [-0.05, 0) is 60.1 Å². The van der Waals surface area contributed by atoms with Crippen LogP contribution in [0.4, 0.5) is 11.4 Å². The molecule has 0 atom stereocenters. The first-order valence-electron chi connectivity index (χ1n) is 18.2. The van der Waals surface area contributed by atoms with Crippen LogP contribution in [0.5, 0.6) is 0 Å². The highest BCUT2D eigenvalue weighted by Gasteiger charge is 2.33. The Labute approximate surface area is 287 Å². The van der Waals surface area contributed by atoms with E-state index in [-0.39, 0.29) is 11.6 Å². The van der Waals surface area contributed by atoms with Gasteiger partial charge in [-0.2, -0.15) is 0 Å². The summed E-state index contributed by atoms with van der Waals surface area (Å²) in [6.07, 6.45) is 21.2. The first-order chi connectivity index (χ1) is 23.6. The number of fused-ring (bicyclic) bond motifs is 2. The maximum Gasteiger partial charge on any atom is 0.196 e. The van der Waals surface area contributed by atoms with Gasteiger partial charge in [-0.15, -0.1) is 0 Å². The van der Waals surface area contributed by atoms with Gasteiger partial charge in [0, 0.05) is 23.6 Å².